The summed E-state index contributed by atoms with van der Waals surface area (Å²) in [5.41, 5.74) is 1.56. The average Bonchev–Trinajstić information content (AvgIpc) is 3.12. The Morgan fingerprint density at radius 2 is 2.08 bits per heavy atom. The van der Waals surface area contributed by atoms with Gasteiger partial charge in [-0.25, -0.2) is 9.78 Å². The molecule has 0 radical (unpaired) electrons. The summed E-state index contributed by atoms with van der Waals surface area (Å²) in [6.45, 7) is 3.17. The summed E-state index contributed by atoms with van der Waals surface area (Å²) in [6, 6.07) is 3.83. The van der Waals surface area contributed by atoms with Crippen LogP contribution < -0.4 is 0 Å². The van der Waals surface area contributed by atoms with Crippen LogP contribution >= 0.6 is 0 Å². The lowest BCUT2D eigenvalue weighted by Crippen LogP contribution is -2.32. The van der Waals surface area contributed by atoms with Crippen molar-refractivity contribution < 1.29 is 9.90 Å². The minimum absolute atomic E-state index is 0.236. The third kappa shape index (κ3) is 3.90. The van der Waals surface area contributed by atoms with Gasteiger partial charge in [-0.3, -0.25) is 9.88 Å². The Morgan fingerprint density at radius 1 is 1.20 bits per heavy atom. The number of pyridine rings is 1. The van der Waals surface area contributed by atoms with Gasteiger partial charge in [0.25, 0.3) is 0 Å². The van der Waals surface area contributed by atoms with Crippen LogP contribution in [0.4, 0.5) is 0 Å². The van der Waals surface area contributed by atoms with Crippen molar-refractivity contribution in [1.82, 2.24) is 19.4 Å². The second kappa shape index (κ2) is 6.96. The Morgan fingerprint density at radius 3 is 2.88 bits per heavy atom. The maximum Gasteiger partial charge on any atom is 0.335 e. The molecule has 0 spiro atoms. The first-order chi connectivity index (χ1) is 12.2. The molecule has 3 heterocycles. The van der Waals surface area contributed by atoms with Crippen molar-refractivity contribution in [2.24, 2.45) is 5.92 Å². The molecule has 0 bridgehead atoms. The van der Waals surface area contributed by atoms with Crippen molar-refractivity contribution in [3.8, 4) is 11.4 Å². The van der Waals surface area contributed by atoms with Crippen LogP contribution in [0, 0.1) is 5.92 Å². The zero-order valence-corrected chi connectivity index (χ0v) is 14.3. The molecule has 1 saturated carbocycles. The summed E-state index contributed by atoms with van der Waals surface area (Å²) >= 11 is 0. The zero-order chi connectivity index (χ0) is 17.2. The van der Waals surface area contributed by atoms with E-state index in [0.717, 1.165) is 30.7 Å². The summed E-state index contributed by atoms with van der Waals surface area (Å²) in [4.78, 5) is 22.4. The van der Waals surface area contributed by atoms with E-state index in [9.17, 15) is 4.79 Å². The van der Waals surface area contributed by atoms with Crippen molar-refractivity contribution >= 4 is 5.97 Å². The SMILES string of the molecule is O=C(O)c1ccnc(-c2cn(CCN3CCC[C@H]3CC3CC3)cn2)c1. The molecular weight excluding hydrogens is 316 g/mol. The first-order valence-corrected chi connectivity index (χ1v) is 9.14. The molecule has 2 aromatic heterocycles. The monoisotopic (exact) mass is 340 g/mol. The van der Waals surface area contributed by atoms with Crippen LogP contribution in [-0.2, 0) is 6.54 Å². The van der Waals surface area contributed by atoms with E-state index in [1.54, 1.807) is 6.07 Å². The number of hydrogen-bond acceptors (Lipinski definition) is 4. The van der Waals surface area contributed by atoms with Gasteiger partial charge >= 0.3 is 5.97 Å². The standard InChI is InChI=1S/C19H24N4O2/c24-19(25)15-5-6-20-17(11-15)18-12-22(13-21-18)8-9-23-7-1-2-16(23)10-14-3-4-14/h5-6,11-14,16H,1-4,7-10H2,(H,24,25)/t16-/m0/s1. The summed E-state index contributed by atoms with van der Waals surface area (Å²) in [5, 5.41) is 9.10. The summed E-state index contributed by atoms with van der Waals surface area (Å²) in [6.07, 6.45) is 12.2. The lowest BCUT2D eigenvalue weighted by atomic mass is 10.1. The molecule has 6 nitrogen and oxygen atoms in total. The van der Waals surface area contributed by atoms with Gasteiger partial charge < -0.3 is 9.67 Å². The molecule has 2 aliphatic rings. The molecule has 132 valence electrons. The van der Waals surface area contributed by atoms with Crippen molar-refractivity contribution in [1.29, 1.82) is 0 Å². The van der Waals surface area contributed by atoms with Crippen molar-refractivity contribution in [3.63, 3.8) is 0 Å². The molecule has 1 N–H and O–H groups in total. The van der Waals surface area contributed by atoms with Crippen molar-refractivity contribution in [2.45, 2.75) is 44.7 Å². The number of nitrogens with zero attached hydrogens (tertiary/aromatic N) is 4. The molecule has 1 atom stereocenters. The highest BCUT2D eigenvalue weighted by Gasteiger charge is 2.31. The van der Waals surface area contributed by atoms with Crippen LogP contribution in [0.15, 0.2) is 30.9 Å². The molecule has 1 aliphatic carbocycles. The van der Waals surface area contributed by atoms with Gasteiger partial charge in [-0.15, -0.1) is 0 Å². The van der Waals surface area contributed by atoms with Gasteiger partial charge in [-0.05, 0) is 43.9 Å². The Kier molecular flexibility index (Phi) is 4.53. The van der Waals surface area contributed by atoms with Gasteiger partial charge in [-0.1, -0.05) is 12.8 Å². The minimum Gasteiger partial charge on any atom is -0.478 e. The fourth-order valence-electron chi connectivity index (χ4n) is 3.76. The van der Waals surface area contributed by atoms with Gasteiger partial charge in [-0.2, -0.15) is 0 Å². The summed E-state index contributed by atoms with van der Waals surface area (Å²) < 4.78 is 2.08. The summed E-state index contributed by atoms with van der Waals surface area (Å²) in [7, 11) is 0. The molecular formula is C19H24N4O2. The zero-order valence-electron chi connectivity index (χ0n) is 14.3. The largest absolute Gasteiger partial charge is 0.478 e. The number of carboxylic acid groups (broad SMARTS) is 1. The number of aromatic nitrogens is 3. The van der Waals surface area contributed by atoms with Gasteiger partial charge in [0.15, 0.2) is 0 Å². The Hall–Kier alpha value is -2.21. The fourth-order valence-corrected chi connectivity index (χ4v) is 3.76. The van der Waals surface area contributed by atoms with Crippen LogP contribution in [0.25, 0.3) is 11.4 Å². The quantitative estimate of drug-likeness (QED) is 0.839. The smallest absolute Gasteiger partial charge is 0.335 e. The Balaban J connectivity index is 1.38. The van der Waals surface area contributed by atoms with Gasteiger partial charge in [0, 0.05) is 31.5 Å². The molecule has 2 fully saturated rings. The number of carbonyl (C=O) groups is 1. The van der Waals surface area contributed by atoms with Crippen LogP contribution in [0.5, 0.6) is 0 Å². The second-order valence-corrected chi connectivity index (χ2v) is 7.24. The van der Waals surface area contributed by atoms with Crippen LogP contribution in [0.3, 0.4) is 0 Å². The van der Waals surface area contributed by atoms with Crippen molar-refractivity contribution in [3.05, 3.63) is 36.4 Å². The number of aromatic carboxylic acids is 1. The molecule has 1 aliphatic heterocycles. The van der Waals surface area contributed by atoms with E-state index in [-0.39, 0.29) is 5.56 Å². The highest BCUT2D eigenvalue weighted by atomic mass is 16.4. The maximum absolute atomic E-state index is 11.1. The van der Waals surface area contributed by atoms with E-state index in [4.69, 9.17) is 5.11 Å². The summed E-state index contributed by atoms with van der Waals surface area (Å²) in [5.74, 6) is 0.0388. The number of rotatable bonds is 7. The Bertz CT molecular complexity index is 753. The van der Waals surface area contributed by atoms with Gasteiger partial charge in [0.05, 0.1) is 17.6 Å². The average molecular weight is 340 g/mol. The molecule has 1 saturated heterocycles. The lowest BCUT2D eigenvalue weighted by molar-refractivity contribution is 0.0697. The van der Waals surface area contributed by atoms with Crippen molar-refractivity contribution in [2.75, 3.05) is 13.1 Å². The first kappa shape index (κ1) is 16.3. The topological polar surface area (TPSA) is 71.2 Å². The van der Waals surface area contributed by atoms with E-state index in [1.807, 2.05) is 12.5 Å². The predicted octanol–water partition coefficient (Wildman–Crippen LogP) is 2.91. The predicted molar refractivity (Wildman–Crippen MR) is 94.4 cm³/mol. The first-order valence-electron chi connectivity index (χ1n) is 9.14. The maximum atomic E-state index is 11.1. The highest BCUT2D eigenvalue weighted by molar-refractivity contribution is 5.88. The molecule has 0 unspecified atom stereocenters. The third-order valence-electron chi connectivity index (χ3n) is 5.35. The molecule has 4 rings (SSSR count). The van der Waals surface area contributed by atoms with E-state index in [2.05, 4.69) is 19.4 Å². The normalized spacial score (nSPS) is 20.9. The van der Waals surface area contributed by atoms with Crippen LogP contribution in [0.2, 0.25) is 0 Å². The second-order valence-electron chi connectivity index (χ2n) is 7.24. The fraction of sp³-hybridized carbons (Fsp3) is 0.526. The van der Waals surface area contributed by atoms with Crippen LogP contribution in [-0.4, -0.2) is 49.6 Å². The van der Waals surface area contributed by atoms with E-state index in [1.165, 1.54) is 50.9 Å². The molecule has 2 aromatic rings. The minimum atomic E-state index is -0.946. The number of hydrogen-bond donors (Lipinski definition) is 1. The Labute approximate surface area is 147 Å². The molecule has 0 aromatic carbocycles. The lowest BCUT2D eigenvalue weighted by Gasteiger charge is -2.24. The van der Waals surface area contributed by atoms with E-state index < -0.39 is 5.97 Å². The number of likely N-dealkylation sites (tertiary alicyclic amines) is 1. The number of imidazole rings is 1. The molecule has 6 heteroatoms. The van der Waals surface area contributed by atoms with E-state index >= 15 is 0 Å². The molecule has 25 heavy (non-hydrogen) atoms. The van der Waals surface area contributed by atoms with E-state index in [0.29, 0.717) is 5.69 Å². The van der Waals surface area contributed by atoms with Gasteiger partial charge in [0.2, 0.25) is 0 Å². The highest BCUT2D eigenvalue weighted by Crippen LogP contribution is 2.37. The van der Waals surface area contributed by atoms with Crippen LogP contribution in [0.1, 0.15) is 42.5 Å². The third-order valence-corrected chi connectivity index (χ3v) is 5.35. The number of carboxylic acids is 1. The van der Waals surface area contributed by atoms with Gasteiger partial charge in [0.1, 0.15) is 5.69 Å². The molecule has 0 amide bonds.